The Bertz CT molecular complexity index is 1160. The molecule has 0 spiro atoms. The predicted octanol–water partition coefficient (Wildman–Crippen LogP) is 6.16. The van der Waals surface area contributed by atoms with Gasteiger partial charge in [0, 0.05) is 33.3 Å². The number of halogens is 2. The zero-order valence-electron chi connectivity index (χ0n) is 15.1. The van der Waals surface area contributed by atoms with Crippen LogP contribution in [0.4, 0.5) is 0 Å². The Labute approximate surface area is 172 Å². The molecule has 0 atom stereocenters. The molecule has 2 aromatic heterocycles. The van der Waals surface area contributed by atoms with Gasteiger partial charge >= 0.3 is 5.97 Å². The molecule has 2 aromatic carbocycles. The molecule has 0 unspecified atom stereocenters. The van der Waals surface area contributed by atoms with Gasteiger partial charge in [-0.15, -0.1) is 0 Å². The van der Waals surface area contributed by atoms with Crippen LogP contribution < -0.4 is 4.74 Å². The number of nitrogens with zero attached hydrogens (tertiary/aromatic N) is 1. The topological polar surface area (TPSA) is 39.9 Å². The van der Waals surface area contributed by atoms with E-state index < -0.39 is 0 Å². The SMILES string of the molecule is CCOC(=O)c1c2ccc(OCc3c(Cl)cccc3Cl)cc2n2ccccc12. The van der Waals surface area contributed by atoms with E-state index in [9.17, 15) is 4.79 Å². The van der Waals surface area contributed by atoms with Crippen LogP contribution in [0.25, 0.3) is 16.4 Å². The molecule has 0 bridgehead atoms. The Morgan fingerprint density at radius 1 is 1.00 bits per heavy atom. The van der Waals surface area contributed by atoms with Crippen molar-refractivity contribution in [3.05, 3.63) is 82.0 Å². The first kappa shape index (κ1) is 18.7. The molecule has 0 aliphatic heterocycles. The fourth-order valence-electron chi connectivity index (χ4n) is 3.25. The van der Waals surface area contributed by atoms with Crippen molar-refractivity contribution in [2.75, 3.05) is 6.61 Å². The van der Waals surface area contributed by atoms with Crippen molar-refractivity contribution in [3.8, 4) is 5.75 Å². The number of hydrogen-bond donors (Lipinski definition) is 0. The standard InChI is InChI=1S/C22H17Cl2NO3/c1-2-27-22(26)21-15-10-9-14(12-20(15)25-11-4-3-8-19(21)25)28-13-16-17(23)6-5-7-18(16)24/h3-12H,2,13H2,1H3. The molecular weight excluding hydrogens is 397 g/mol. The third-order valence-electron chi connectivity index (χ3n) is 4.54. The van der Waals surface area contributed by atoms with Crippen molar-refractivity contribution in [1.82, 2.24) is 4.40 Å². The number of carbonyl (C=O) groups excluding carboxylic acids is 1. The molecule has 0 amide bonds. The Kier molecular flexibility index (Phi) is 5.16. The zero-order chi connectivity index (χ0) is 19.7. The maximum atomic E-state index is 12.5. The van der Waals surface area contributed by atoms with Gasteiger partial charge in [0.05, 0.1) is 23.2 Å². The van der Waals surface area contributed by atoms with E-state index in [1.165, 1.54) is 0 Å². The summed E-state index contributed by atoms with van der Waals surface area (Å²) in [6, 6.07) is 16.7. The first-order valence-electron chi connectivity index (χ1n) is 8.85. The van der Waals surface area contributed by atoms with Crippen LogP contribution >= 0.6 is 23.2 Å². The second-order valence-corrected chi connectivity index (χ2v) is 7.03. The molecule has 2 heterocycles. The van der Waals surface area contributed by atoms with E-state index in [1.807, 2.05) is 47.0 Å². The number of esters is 1. The summed E-state index contributed by atoms with van der Waals surface area (Å²) in [4.78, 5) is 12.5. The molecule has 4 rings (SSSR count). The molecule has 0 N–H and O–H groups in total. The maximum Gasteiger partial charge on any atom is 0.340 e. The molecule has 6 heteroatoms. The first-order chi connectivity index (χ1) is 13.6. The average molecular weight is 414 g/mol. The fourth-order valence-corrected chi connectivity index (χ4v) is 3.76. The van der Waals surface area contributed by atoms with E-state index in [4.69, 9.17) is 32.7 Å². The number of benzene rings is 2. The van der Waals surface area contributed by atoms with Crippen LogP contribution in [0.3, 0.4) is 0 Å². The zero-order valence-corrected chi connectivity index (χ0v) is 16.6. The predicted molar refractivity (Wildman–Crippen MR) is 112 cm³/mol. The minimum Gasteiger partial charge on any atom is -0.489 e. The van der Waals surface area contributed by atoms with Gasteiger partial charge in [-0.25, -0.2) is 4.79 Å². The van der Waals surface area contributed by atoms with Gasteiger partial charge in [0.15, 0.2) is 0 Å². The molecule has 4 aromatic rings. The summed E-state index contributed by atoms with van der Waals surface area (Å²) in [5.74, 6) is 0.319. The van der Waals surface area contributed by atoms with Gasteiger partial charge in [-0.05, 0) is 43.3 Å². The minimum absolute atomic E-state index is 0.248. The highest BCUT2D eigenvalue weighted by Gasteiger charge is 2.19. The summed E-state index contributed by atoms with van der Waals surface area (Å²) < 4.78 is 13.1. The molecule has 28 heavy (non-hydrogen) atoms. The number of fused-ring (bicyclic) bond motifs is 3. The summed E-state index contributed by atoms with van der Waals surface area (Å²) >= 11 is 12.4. The minimum atomic E-state index is -0.335. The summed E-state index contributed by atoms with van der Waals surface area (Å²) in [5.41, 5.74) is 2.94. The van der Waals surface area contributed by atoms with Crippen molar-refractivity contribution in [3.63, 3.8) is 0 Å². The van der Waals surface area contributed by atoms with Crippen LogP contribution in [0.1, 0.15) is 22.8 Å². The van der Waals surface area contributed by atoms with E-state index in [0.29, 0.717) is 28.0 Å². The number of aromatic nitrogens is 1. The van der Waals surface area contributed by atoms with Gasteiger partial charge in [-0.3, -0.25) is 0 Å². The van der Waals surface area contributed by atoms with E-state index in [1.54, 1.807) is 25.1 Å². The van der Waals surface area contributed by atoms with Crippen LogP contribution in [0.5, 0.6) is 5.75 Å². The van der Waals surface area contributed by atoms with E-state index in [0.717, 1.165) is 22.0 Å². The Morgan fingerprint density at radius 3 is 2.54 bits per heavy atom. The molecular formula is C22H17Cl2NO3. The van der Waals surface area contributed by atoms with Gasteiger partial charge in [0.2, 0.25) is 0 Å². The highest BCUT2D eigenvalue weighted by Crippen LogP contribution is 2.31. The Balaban J connectivity index is 1.75. The number of rotatable bonds is 5. The smallest absolute Gasteiger partial charge is 0.340 e. The normalized spacial score (nSPS) is 11.1. The highest BCUT2D eigenvalue weighted by molar-refractivity contribution is 6.35. The second-order valence-electron chi connectivity index (χ2n) is 6.22. The molecule has 0 aliphatic carbocycles. The number of hydrogen-bond acceptors (Lipinski definition) is 3. The van der Waals surface area contributed by atoms with Crippen LogP contribution in [-0.2, 0) is 11.3 Å². The van der Waals surface area contributed by atoms with Crippen molar-refractivity contribution in [2.24, 2.45) is 0 Å². The van der Waals surface area contributed by atoms with Crippen LogP contribution in [0.2, 0.25) is 10.0 Å². The first-order valence-corrected chi connectivity index (χ1v) is 9.61. The van der Waals surface area contributed by atoms with Crippen LogP contribution in [-0.4, -0.2) is 17.0 Å². The van der Waals surface area contributed by atoms with Gasteiger partial charge in [0.25, 0.3) is 0 Å². The number of pyridine rings is 1. The molecule has 0 aliphatic rings. The lowest BCUT2D eigenvalue weighted by atomic mass is 10.1. The quantitative estimate of drug-likeness (QED) is 0.368. The summed E-state index contributed by atoms with van der Waals surface area (Å²) in [7, 11) is 0. The fraction of sp³-hybridized carbons (Fsp3) is 0.136. The Hall–Kier alpha value is -2.69. The van der Waals surface area contributed by atoms with E-state index in [2.05, 4.69) is 0 Å². The lowest BCUT2D eigenvalue weighted by molar-refractivity contribution is 0.0531. The second kappa shape index (κ2) is 7.74. The van der Waals surface area contributed by atoms with Crippen LogP contribution in [0.15, 0.2) is 60.8 Å². The molecule has 0 saturated carbocycles. The molecule has 0 radical (unpaired) electrons. The molecule has 4 nitrogen and oxygen atoms in total. The monoisotopic (exact) mass is 413 g/mol. The molecule has 142 valence electrons. The Morgan fingerprint density at radius 2 is 1.79 bits per heavy atom. The molecule has 0 saturated heterocycles. The lowest BCUT2D eigenvalue weighted by Gasteiger charge is -2.10. The average Bonchev–Trinajstić information content (AvgIpc) is 3.02. The van der Waals surface area contributed by atoms with Crippen LogP contribution in [0, 0.1) is 0 Å². The number of ether oxygens (including phenoxy) is 2. The highest BCUT2D eigenvalue weighted by atomic mass is 35.5. The van der Waals surface area contributed by atoms with Gasteiger partial charge in [-0.2, -0.15) is 0 Å². The van der Waals surface area contributed by atoms with Gasteiger partial charge < -0.3 is 13.9 Å². The number of carbonyl (C=O) groups is 1. The van der Waals surface area contributed by atoms with Crippen molar-refractivity contribution in [2.45, 2.75) is 13.5 Å². The van der Waals surface area contributed by atoms with Gasteiger partial charge in [0.1, 0.15) is 12.4 Å². The summed E-state index contributed by atoms with van der Waals surface area (Å²) in [6.07, 6.45) is 1.91. The maximum absolute atomic E-state index is 12.5. The summed E-state index contributed by atoms with van der Waals surface area (Å²) in [6.45, 7) is 2.37. The molecule has 0 fully saturated rings. The lowest BCUT2D eigenvalue weighted by Crippen LogP contribution is -2.04. The largest absolute Gasteiger partial charge is 0.489 e. The third kappa shape index (κ3) is 3.30. The van der Waals surface area contributed by atoms with Crippen molar-refractivity contribution >= 4 is 45.6 Å². The van der Waals surface area contributed by atoms with Crippen molar-refractivity contribution < 1.29 is 14.3 Å². The van der Waals surface area contributed by atoms with Gasteiger partial charge in [-0.1, -0.05) is 35.3 Å². The summed E-state index contributed by atoms with van der Waals surface area (Å²) in [5, 5.41) is 1.94. The van der Waals surface area contributed by atoms with E-state index in [-0.39, 0.29) is 12.6 Å². The van der Waals surface area contributed by atoms with E-state index >= 15 is 0 Å². The third-order valence-corrected chi connectivity index (χ3v) is 5.25. The van der Waals surface area contributed by atoms with Crippen molar-refractivity contribution in [1.29, 1.82) is 0 Å².